The van der Waals surface area contributed by atoms with Crippen molar-refractivity contribution < 1.29 is 4.79 Å². The van der Waals surface area contributed by atoms with Gasteiger partial charge in [-0.15, -0.1) is 0 Å². The van der Waals surface area contributed by atoms with E-state index in [9.17, 15) is 4.79 Å². The molecule has 4 heteroatoms. The largest absolute Gasteiger partial charge is 0.374 e. The van der Waals surface area contributed by atoms with Crippen LogP contribution in [0.25, 0.3) is 16.6 Å². The van der Waals surface area contributed by atoms with Crippen molar-refractivity contribution in [3.05, 3.63) is 36.5 Å². The monoisotopic (exact) mass is 339 g/mol. The lowest BCUT2D eigenvalue weighted by atomic mass is 9.89. The number of aldehydes is 1. The number of hydrogen-bond acceptors (Lipinski definition) is 3. The quantitative estimate of drug-likeness (QED) is 0.761. The number of rotatable bonds is 7. The van der Waals surface area contributed by atoms with E-state index in [1.807, 2.05) is 19.9 Å². The normalized spacial score (nSPS) is 16.9. The zero-order valence-corrected chi connectivity index (χ0v) is 15.4. The Hall–Kier alpha value is -2.10. The fourth-order valence-corrected chi connectivity index (χ4v) is 3.73. The number of benzene rings is 1. The van der Waals surface area contributed by atoms with Crippen molar-refractivity contribution in [3.63, 3.8) is 0 Å². The minimum Gasteiger partial charge on any atom is -0.374 e. The zero-order valence-electron chi connectivity index (χ0n) is 15.4. The molecular weight excluding hydrogens is 310 g/mol. The first kappa shape index (κ1) is 17.7. The number of aromatic nitrogens is 2. The van der Waals surface area contributed by atoms with Gasteiger partial charge >= 0.3 is 0 Å². The van der Waals surface area contributed by atoms with Gasteiger partial charge in [-0.25, -0.2) is 0 Å². The molecule has 1 aromatic carbocycles. The summed E-state index contributed by atoms with van der Waals surface area (Å²) >= 11 is 0. The van der Waals surface area contributed by atoms with E-state index >= 15 is 0 Å². The average Bonchev–Trinajstić information content (AvgIpc) is 2.99. The molecular formula is C21H29N3O. The van der Waals surface area contributed by atoms with Crippen molar-refractivity contribution >= 4 is 22.9 Å². The summed E-state index contributed by atoms with van der Waals surface area (Å²) in [5.74, 6) is 0.925. The fourth-order valence-electron chi connectivity index (χ4n) is 3.73. The van der Waals surface area contributed by atoms with Crippen LogP contribution in [0.15, 0.2) is 30.8 Å². The number of nitrogens with zero attached hydrogens (tertiary/aromatic N) is 2. The maximum Gasteiger partial charge on any atom is 0.142 e. The Balaban J connectivity index is 1.87. The van der Waals surface area contributed by atoms with Crippen LogP contribution in [0.1, 0.15) is 51.6 Å². The third kappa shape index (κ3) is 3.94. The first-order chi connectivity index (χ1) is 12.1. The Morgan fingerprint density at radius 2 is 2.04 bits per heavy atom. The van der Waals surface area contributed by atoms with Gasteiger partial charge in [-0.05, 0) is 30.7 Å². The number of carbonyl (C=O) groups is 1. The molecule has 0 radical (unpaired) electrons. The second-order valence-electron chi connectivity index (χ2n) is 7.58. The van der Waals surface area contributed by atoms with Crippen LogP contribution in [0.3, 0.4) is 0 Å². The van der Waals surface area contributed by atoms with Crippen LogP contribution in [0, 0.1) is 11.8 Å². The van der Waals surface area contributed by atoms with Crippen LogP contribution in [0.4, 0.5) is 0 Å². The Kier molecular flexibility index (Phi) is 5.57. The van der Waals surface area contributed by atoms with Gasteiger partial charge < -0.3 is 10.1 Å². The van der Waals surface area contributed by atoms with Crippen molar-refractivity contribution in [2.75, 3.05) is 0 Å². The summed E-state index contributed by atoms with van der Waals surface area (Å²) in [6.45, 7) is 9.18. The van der Waals surface area contributed by atoms with E-state index in [1.54, 1.807) is 0 Å². The van der Waals surface area contributed by atoms with E-state index in [2.05, 4.69) is 34.8 Å². The Morgan fingerprint density at radius 1 is 1.32 bits per heavy atom. The van der Waals surface area contributed by atoms with Gasteiger partial charge in [0.25, 0.3) is 0 Å². The van der Waals surface area contributed by atoms with Gasteiger partial charge in [0, 0.05) is 11.9 Å². The van der Waals surface area contributed by atoms with Gasteiger partial charge in [0.1, 0.15) is 12.0 Å². The van der Waals surface area contributed by atoms with Gasteiger partial charge in [0.15, 0.2) is 0 Å². The molecule has 1 aliphatic carbocycles. The Morgan fingerprint density at radius 3 is 2.72 bits per heavy atom. The van der Waals surface area contributed by atoms with E-state index in [4.69, 9.17) is 5.10 Å². The maximum absolute atomic E-state index is 11.3. The lowest BCUT2D eigenvalue weighted by Crippen LogP contribution is -2.33. The molecule has 1 fully saturated rings. The molecule has 1 aromatic heterocycles. The molecule has 1 N–H and O–H groups in total. The minimum atomic E-state index is -0.241. The fraction of sp³-hybridized carbons (Fsp3) is 0.524. The number of fused-ring (bicyclic) bond motifs is 1. The predicted molar refractivity (Wildman–Crippen MR) is 103 cm³/mol. The molecule has 4 nitrogen and oxygen atoms in total. The SMILES string of the molecule is C=C(NC(C=O)C(C)C)c1nn(CC2CCCCC2)c2ccccc12. The topological polar surface area (TPSA) is 46.9 Å². The van der Waals surface area contributed by atoms with Crippen LogP contribution in [-0.2, 0) is 11.3 Å². The van der Waals surface area contributed by atoms with Crippen LogP contribution in [0.5, 0.6) is 0 Å². The van der Waals surface area contributed by atoms with Gasteiger partial charge in [0.2, 0.25) is 0 Å². The van der Waals surface area contributed by atoms with Crippen molar-refractivity contribution in [1.82, 2.24) is 15.1 Å². The molecule has 1 atom stereocenters. The summed E-state index contributed by atoms with van der Waals surface area (Å²) in [7, 11) is 0. The lowest BCUT2D eigenvalue weighted by Gasteiger charge is -2.21. The Bertz CT molecular complexity index is 741. The summed E-state index contributed by atoms with van der Waals surface area (Å²) in [6.07, 6.45) is 7.58. The number of para-hydroxylation sites is 1. The smallest absolute Gasteiger partial charge is 0.142 e. The van der Waals surface area contributed by atoms with E-state index in [0.29, 0.717) is 5.92 Å². The van der Waals surface area contributed by atoms with E-state index in [0.717, 1.165) is 35.1 Å². The number of hydrogen-bond donors (Lipinski definition) is 1. The van der Waals surface area contributed by atoms with E-state index in [1.165, 1.54) is 32.1 Å². The van der Waals surface area contributed by atoms with Gasteiger partial charge in [-0.3, -0.25) is 4.68 Å². The van der Waals surface area contributed by atoms with Crippen molar-refractivity contribution in [2.24, 2.45) is 11.8 Å². The summed E-state index contributed by atoms with van der Waals surface area (Å²) in [5, 5.41) is 9.22. The van der Waals surface area contributed by atoms with Crippen LogP contribution in [-0.4, -0.2) is 22.1 Å². The number of nitrogens with one attached hydrogen (secondary N) is 1. The molecule has 0 amide bonds. The van der Waals surface area contributed by atoms with Crippen LogP contribution in [0.2, 0.25) is 0 Å². The maximum atomic E-state index is 11.3. The van der Waals surface area contributed by atoms with Crippen molar-refractivity contribution in [1.29, 1.82) is 0 Å². The molecule has 0 bridgehead atoms. The molecule has 0 spiro atoms. The second-order valence-corrected chi connectivity index (χ2v) is 7.58. The molecule has 0 aliphatic heterocycles. The van der Waals surface area contributed by atoms with E-state index < -0.39 is 0 Å². The van der Waals surface area contributed by atoms with Crippen LogP contribution < -0.4 is 5.32 Å². The first-order valence-electron chi connectivity index (χ1n) is 9.46. The second kappa shape index (κ2) is 7.85. The highest BCUT2D eigenvalue weighted by atomic mass is 16.1. The average molecular weight is 339 g/mol. The summed E-state index contributed by atoms with van der Waals surface area (Å²) in [6, 6.07) is 8.07. The highest BCUT2D eigenvalue weighted by Gasteiger charge is 2.20. The molecule has 3 rings (SSSR count). The zero-order chi connectivity index (χ0) is 17.8. The highest BCUT2D eigenvalue weighted by Crippen LogP contribution is 2.28. The highest BCUT2D eigenvalue weighted by molar-refractivity contribution is 5.90. The molecule has 1 saturated carbocycles. The van der Waals surface area contributed by atoms with Crippen molar-refractivity contribution in [3.8, 4) is 0 Å². The summed E-state index contributed by atoms with van der Waals surface area (Å²) in [5.41, 5.74) is 2.74. The molecule has 1 unspecified atom stereocenters. The third-order valence-electron chi connectivity index (χ3n) is 5.31. The molecule has 1 heterocycles. The van der Waals surface area contributed by atoms with Crippen LogP contribution >= 0.6 is 0 Å². The van der Waals surface area contributed by atoms with Gasteiger partial charge in [-0.1, -0.05) is 57.9 Å². The van der Waals surface area contributed by atoms with Gasteiger partial charge in [0.05, 0.1) is 17.3 Å². The molecule has 2 aromatic rings. The first-order valence-corrected chi connectivity index (χ1v) is 9.46. The standard InChI is InChI=1S/C21H29N3O/c1-15(2)19(14-25)22-16(3)21-18-11-7-8-12-20(18)24(23-21)13-17-9-5-4-6-10-17/h7-8,11-12,14-15,17,19,22H,3-6,9-10,13H2,1-2H3. The molecule has 1 aliphatic rings. The van der Waals surface area contributed by atoms with Crippen molar-refractivity contribution in [2.45, 2.75) is 58.5 Å². The summed E-state index contributed by atoms with van der Waals surface area (Å²) in [4.78, 5) is 11.3. The van der Waals surface area contributed by atoms with Gasteiger partial charge in [-0.2, -0.15) is 5.10 Å². The molecule has 134 valence electrons. The molecule has 0 saturated heterocycles. The predicted octanol–water partition coefficient (Wildman–Crippen LogP) is 4.40. The Labute approximate surface area is 150 Å². The summed E-state index contributed by atoms with van der Waals surface area (Å²) < 4.78 is 2.14. The minimum absolute atomic E-state index is 0.213. The molecule has 25 heavy (non-hydrogen) atoms. The lowest BCUT2D eigenvalue weighted by molar-refractivity contribution is -0.110. The van der Waals surface area contributed by atoms with E-state index in [-0.39, 0.29) is 12.0 Å². The number of carbonyl (C=O) groups excluding carboxylic acids is 1. The third-order valence-corrected chi connectivity index (χ3v) is 5.31.